The van der Waals surface area contributed by atoms with Crippen molar-refractivity contribution < 1.29 is 9.59 Å². The van der Waals surface area contributed by atoms with Crippen LogP contribution in [0.15, 0.2) is 29.4 Å². The van der Waals surface area contributed by atoms with Gasteiger partial charge in [0.1, 0.15) is 0 Å². The fourth-order valence-corrected chi connectivity index (χ4v) is 4.24. The number of carbonyl (C=O) groups excluding carboxylic acids is 2. The Kier molecular flexibility index (Phi) is 6.72. The number of anilines is 1. The number of benzene rings is 1. The number of aromatic nitrogens is 4. The predicted molar refractivity (Wildman–Crippen MR) is 114 cm³/mol. The van der Waals surface area contributed by atoms with Crippen LogP contribution in [0, 0.1) is 5.41 Å². The van der Waals surface area contributed by atoms with E-state index in [2.05, 4.69) is 20.8 Å². The molecular formula is C21H29N5O2S. The third kappa shape index (κ3) is 5.44. The summed E-state index contributed by atoms with van der Waals surface area (Å²) in [6.45, 7) is 7.46. The summed E-state index contributed by atoms with van der Waals surface area (Å²) in [5.41, 5.74) is 0.820. The molecule has 0 saturated heterocycles. The molecule has 0 spiro atoms. The molecule has 8 heteroatoms. The second-order valence-electron chi connectivity index (χ2n) is 8.60. The van der Waals surface area contributed by atoms with E-state index in [1.54, 1.807) is 24.3 Å². The Balaban J connectivity index is 1.63. The van der Waals surface area contributed by atoms with Gasteiger partial charge in [-0.1, -0.05) is 51.8 Å². The van der Waals surface area contributed by atoms with Gasteiger partial charge in [0.15, 0.2) is 5.78 Å². The zero-order chi connectivity index (χ0) is 21.0. The minimum atomic E-state index is -0.470. The largest absolute Gasteiger partial charge is 0.326 e. The van der Waals surface area contributed by atoms with E-state index in [0.29, 0.717) is 22.4 Å². The summed E-state index contributed by atoms with van der Waals surface area (Å²) in [5.74, 6) is -0.0445. The number of hydrogen-bond donors (Lipinski definition) is 1. The van der Waals surface area contributed by atoms with Crippen LogP contribution < -0.4 is 5.32 Å². The van der Waals surface area contributed by atoms with Crippen LogP contribution in [0.3, 0.4) is 0 Å². The number of rotatable bonds is 6. The lowest BCUT2D eigenvalue weighted by Gasteiger charge is -2.22. The molecule has 7 nitrogen and oxygen atoms in total. The molecule has 1 aliphatic carbocycles. The smallest absolute Gasteiger partial charge is 0.229 e. The van der Waals surface area contributed by atoms with Crippen molar-refractivity contribution in [2.45, 2.75) is 76.2 Å². The molecule has 0 radical (unpaired) electrons. The van der Waals surface area contributed by atoms with E-state index in [1.165, 1.54) is 31.0 Å². The number of nitrogens with one attached hydrogen (secondary N) is 1. The molecule has 0 bridgehead atoms. The monoisotopic (exact) mass is 415 g/mol. The van der Waals surface area contributed by atoms with Gasteiger partial charge in [-0.3, -0.25) is 9.59 Å². The summed E-state index contributed by atoms with van der Waals surface area (Å²) in [6.07, 6.45) is 5.83. The molecule has 1 amide bonds. The topological polar surface area (TPSA) is 89.8 Å². The second kappa shape index (κ2) is 9.07. The average Bonchev–Trinajstić information content (AvgIpc) is 3.16. The number of nitrogens with zero attached hydrogens (tertiary/aromatic N) is 4. The highest BCUT2D eigenvalue weighted by Crippen LogP contribution is 2.32. The van der Waals surface area contributed by atoms with Crippen molar-refractivity contribution in [1.29, 1.82) is 0 Å². The average molecular weight is 416 g/mol. The molecule has 1 atom stereocenters. The normalized spacial score (nSPS) is 16.4. The minimum Gasteiger partial charge on any atom is -0.326 e. The third-order valence-corrected chi connectivity index (χ3v) is 6.19. The molecule has 1 heterocycles. The van der Waals surface area contributed by atoms with Crippen molar-refractivity contribution in [1.82, 2.24) is 20.2 Å². The first-order chi connectivity index (χ1) is 13.8. The molecule has 1 fully saturated rings. The van der Waals surface area contributed by atoms with Gasteiger partial charge in [-0.05, 0) is 54.5 Å². The molecule has 3 rings (SSSR count). The summed E-state index contributed by atoms with van der Waals surface area (Å²) in [6, 6.07) is 7.36. The molecule has 1 saturated carbocycles. The summed E-state index contributed by atoms with van der Waals surface area (Å²) in [4.78, 5) is 25.0. The van der Waals surface area contributed by atoms with Crippen molar-refractivity contribution >= 4 is 29.1 Å². The first-order valence-electron chi connectivity index (χ1n) is 10.2. The van der Waals surface area contributed by atoms with Crippen LogP contribution in [-0.2, 0) is 4.79 Å². The first-order valence-corrected chi connectivity index (χ1v) is 11.0. The number of carbonyl (C=O) groups is 2. The maximum atomic E-state index is 12.9. The van der Waals surface area contributed by atoms with Crippen LogP contribution in [0.25, 0.3) is 0 Å². The zero-order valence-electron chi connectivity index (χ0n) is 17.5. The SMILES string of the molecule is C[C@H](Sc1nnnn1C1CCCCC1)C(=O)c1ccc(NC(=O)C(C)(C)C)cc1. The van der Waals surface area contributed by atoms with E-state index >= 15 is 0 Å². The van der Waals surface area contributed by atoms with Gasteiger partial charge in [0, 0.05) is 16.7 Å². The number of thioether (sulfide) groups is 1. The molecule has 1 aliphatic rings. The fourth-order valence-electron chi connectivity index (χ4n) is 3.30. The molecule has 2 aromatic rings. The standard InChI is InChI=1S/C21H29N5O2S/c1-14(29-20-23-24-25-26(20)17-8-6-5-7-9-17)18(27)15-10-12-16(13-11-15)22-19(28)21(2,3)4/h10-14,17H,5-9H2,1-4H3,(H,22,28)/t14-/m0/s1. The highest BCUT2D eigenvalue weighted by atomic mass is 32.2. The molecule has 1 aromatic carbocycles. The molecule has 0 unspecified atom stereocenters. The van der Waals surface area contributed by atoms with Gasteiger partial charge in [-0.2, -0.15) is 0 Å². The van der Waals surface area contributed by atoms with Crippen molar-refractivity contribution in [3.05, 3.63) is 29.8 Å². The van der Waals surface area contributed by atoms with Gasteiger partial charge in [-0.25, -0.2) is 4.68 Å². The highest BCUT2D eigenvalue weighted by molar-refractivity contribution is 8.00. The maximum absolute atomic E-state index is 12.9. The van der Waals surface area contributed by atoms with E-state index in [-0.39, 0.29) is 16.9 Å². The van der Waals surface area contributed by atoms with Gasteiger partial charge in [-0.15, -0.1) is 5.10 Å². The summed E-state index contributed by atoms with van der Waals surface area (Å²) < 4.78 is 1.89. The van der Waals surface area contributed by atoms with E-state index in [9.17, 15) is 9.59 Å². The van der Waals surface area contributed by atoms with E-state index in [4.69, 9.17) is 0 Å². The lowest BCUT2D eigenvalue weighted by atomic mass is 9.95. The van der Waals surface area contributed by atoms with Crippen LogP contribution in [0.5, 0.6) is 0 Å². The lowest BCUT2D eigenvalue weighted by molar-refractivity contribution is -0.123. The Labute approximate surface area is 176 Å². The van der Waals surface area contributed by atoms with Crippen LogP contribution in [0.4, 0.5) is 5.69 Å². The van der Waals surface area contributed by atoms with Crippen LogP contribution >= 0.6 is 11.8 Å². The van der Waals surface area contributed by atoms with E-state index in [1.807, 2.05) is 32.4 Å². The quantitative estimate of drug-likeness (QED) is 0.551. The van der Waals surface area contributed by atoms with Gasteiger partial charge in [0.05, 0.1) is 11.3 Å². The molecule has 156 valence electrons. The molecular weight excluding hydrogens is 386 g/mol. The molecule has 1 aromatic heterocycles. The van der Waals surface area contributed by atoms with E-state index < -0.39 is 5.41 Å². The first kappa shape index (κ1) is 21.5. The Bertz CT molecular complexity index is 851. The number of Topliss-reactive ketones (excluding diaryl/α,β-unsaturated/α-hetero) is 1. The van der Waals surface area contributed by atoms with Crippen molar-refractivity contribution in [2.75, 3.05) is 5.32 Å². The summed E-state index contributed by atoms with van der Waals surface area (Å²) in [7, 11) is 0. The summed E-state index contributed by atoms with van der Waals surface area (Å²) in [5, 5.41) is 15.4. The number of amides is 1. The van der Waals surface area contributed by atoms with Crippen LogP contribution in [-0.4, -0.2) is 37.1 Å². The zero-order valence-corrected chi connectivity index (χ0v) is 18.3. The third-order valence-electron chi connectivity index (χ3n) is 5.14. The second-order valence-corrected chi connectivity index (χ2v) is 9.91. The minimum absolute atomic E-state index is 0.0156. The van der Waals surface area contributed by atoms with E-state index in [0.717, 1.165) is 12.8 Å². The Morgan fingerprint density at radius 1 is 1.14 bits per heavy atom. The van der Waals surface area contributed by atoms with Gasteiger partial charge < -0.3 is 5.32 Å². The number of tetrazole rings is 1. The Morgan fingerprint density at radius 3 is 2.41 bits per heavy atom. The number of hydrogen-bond acceptors (Lipinski definition) is 6. The molecule has 29 heavy (non-hydrogen) atoms. The van der Waals surface area contributed by atoms with Crippen LogP contribution in [0.2, 0.25) is 0 Å². The van der Waals surface area contributed by atoms with Gasteiger partial charge in [0.25, 0.3) is 0 Å². The molecule has 0 aliphatic heterocycles. The van der Waals surface area contributed by atoms with Crippen molar-refractivity contribution in [3.8, 4) is 0 Å². The van der Waals surface area contributed by atoms with Crippen molar-refractivity contribution in [3.63, 3.8) is 0 Å². The van der Waals surface area contributed by atoms with Crippen molar-refractivity contribution in [2.24, 2.45) is 5.41 Å². The number of ketones is 1. The predicted octanol–water partition coefficient (Wildman–Crippen LogP) is 4.53. The van der Waals surface area contributed by atoms with Gasteiger partial charge in [0.2, 0.25) is 11.1 Å². The summed E-state index contributed by atoms with van der Waals surface area (Å²) >= 11 is 1.40. The fraction of sp³-hybridized carbons (Fsp3) is 0.571. The maximum Gasteiger partial charge on any atom is 0.229 e. The van der Waals surface area contributed by atoms with Gasteiger partial charge >= 0.3 is 0 Å². The Hall–Kier alpha value is -2.22. The lowest BCUT2D eigenvalue weighted by Crippen LogP contribution is -2.27. The Morgan fingerprint density at radius 2 is 1.79 bits per heavy atom. The van der Waals surface area contributed by atoms with Crippen LogP contribution in [0.1, 0.15) is 76.2 Å². The highest BCUT2D eigenvalue weighted by Gasteiger charge is 2.25. The molecule has 1 N–H and O–H groups in total.